The third-order valence-corrected chi connectivity index (χ3v) is 4.14. The summed E-state index contributed by atoms with van der Waals surface area (Å²) in [4.78, 5) is 33.1. The van der Waals surface area contributed by atoms with Gasteiger partial charge in [-0.2, -0.15) is 0 Å². The van der Waals surface area contributed by atoms with Gasteiger partial charge in [-0.15, -0.1) is 0 Å². The number of H-pyrrole nitrogens is 1. The van der Waals surface area contributed by atoms with Gasteiger partial charge in [0.05, 0.1) is 29.6 Å². The number of hydrogen-bond donors (Lipinski definition) is 2. The Balaban J connectivity index is 1.61. The summed E-state index contributed by atoms with van der Waals surface area (Å²) in [6, 6.07) is 10.5. The Morgan fingerprint density at radius 1 is 1.24 bits per heavy atom. The molecule has 0 saturated carbocycles. The normalized spacial score (nSPS) is 13.2. The van der Waals surface area contributed by atoms with E-state index in [0.29, 0.717) is 35.8 Å². The Morgan fingerprint density at radius 2 is 2.12 bits per heavy atom. The largest absolute Gasteiger partial charge is 0.490 e. The fourth-order valence-corrected chi connectivity index (χ4v) is 2.90. The number of carbonyl (C=O) groups excluding carboxylic acids is 2. The van der Waals surface area contributed by atoms with Gasteiger partial charge in [0.15, 0.2) is 0 Å². The summed E-state index contributed by atoms with van der Waals surface area (Å²) in [5, 5.41) is 2.86. The van der Waals surface area contributed by atoms with Crippen LogP contribution < -0.4 is 15.0 Å². The van der Waals surface area contributed by atoms with Crippen LogP contribution in [0.15, 0.2) is 42.7 Å². The zero-order valence-corrected chi connectivity index (χ0v) is 13.6. The van der Waals surface area contributed by atoms with E-state index in [4.69, 9.17) is 4.74 Å². The lowest BCUT2D eigenvalue weighted by molar-refractivity contribution is -0.116. The molecule has 2 amide bonds. The second-order valence-corrected chi connectivity index (χ2v) is 5.79. The Bertz CT molecular complexity index is 979. The summed E-state index contributed by atoms with van der Waals surface area (Å²) in [7, 11) is 0. The number of aromatic amines is 1. The summed E-state index contributed by atoms with van der Waals surface area (Å²) in [6.45, 7) is 2.47. The molecule has 126 valence electrons. The Labute approximate surface area is 143 Å². The van der Waals surface area contributed by atoms with Crippen molar-refractivity contribution < 1.29 is 14.3 Å². The van der Waals surface area contributed by atoms with Crippen LogP contribution in [0, 0.1) is 0 Å². The molecule has 7 nitrogen and oxygen atoms in total. The van der Waals surface area contributed by atoms with Gasteiger partial charge >= 0.3 is 0 Å². The van der Waals surface area contributed by atoms with Crippen LogP contribution in [0.2, 0.25) is 0 Å². The highest BCUT2D eigenvalue weighted by molar-refractivity contribution is 6.06. The summed E-state index contributed by atoms with van der Waals surface area (Å²) >= 11 is 0. The summed E-state index contributed by atoms with van der Waals surface area (Å²) in [5.41, 5.74) is 3.40. The highest BCUT2D eigenvalue weighted by Gasteiger charge is 2.22. The molecule has 0 spiro atoms. The first kappa shape index (κ1) is 15.2. The zero-order chi connectivity index (χ0) is 17.4. The molecule has 2 heterocycles. The number of nitrogens with one attached hydrogen (secondary N) is 2. The van der Waals surface area contributed by atoms with Gasteiger partial charge in [-0.3, -0.25) is 9.59 Å². The molecule has 0 bridgehead atoms. The highest BCUT2D eigenvalue weighted by atomic mass is 16.5. The minimum absolute atomic E-state index is 0.0577. The first-order valence-electron chi connectivity index (χ1n) is 7.91. The van der Waals surface area contributed by atoms with Crippen molar-refractivity contribution >= 4 is 34.2 Å². The van der Waals surface area contributed by atoms with E-state index in [0.717, 1.165) is 11.0 Å². The van der Waals surface area contributed by atoms with Crippen LogP contribution in [0.4, 0.5) is 11.4 Å². The number of ether oxygens (including phenoxy) is 1. The number of hydrogen-bond acceptors (Lipinski definition) is 4. The van der Waals surface area contributed by atoms with E-state index in [9.17, 15) is 9.59 Å². The number of aromatic nitrogens is 2. The first-order valence-corrected chi connectivity index (χ1v) is 7.91. The van der Waals surface area contributed by atoms with Gasteiger partial charge in [-0.25, -0.2) is 4.98 Å². The van der Waals surface area contributed by atoms with Gasteiger partial charge in [0.25, 0.3) is 5.91 Å². The monoisotopic (exact) mass is 336 g/mol. The van der Waals surface area contributed by atoms with E-state index >= 15 is 0 Å². The molecule has 0 fully saturated rings. The Morgan fingerprint density at radius 3 is 2.96 bits per heavy atom. The molecular weight excluding hydrogens is 320 g/mol. The number of rotatable bonds is 2. The molecule has 1 aromatic heterocycles. The summed E-state index contributed by atoms with van der Waals surface area (Å²) in [6.07, 6.45) is 1.59. The predicted molar refractivity (Wildman–Crippen MR) is 94.0 cm³/mol. The number of nitrogens with zero attached hydrogens (tertiary/aromatic N) is 2. The quantitative estimate of drug-likeness (QED) is 0.753. The molecule has 0 saturated heterocycles. The molecule has 0 aliphatic carbocycles. The van der Waals surface area contributed by atoms with Crippen LogP contribution in [0.3, 0.4) is 0 Å². The summed E-state index contributed by atoms with van der Waals surface area (Å²) < 4.78 is 5.57. The van der Waals surface area contributed by atoms with Gasteiger partial charge in [0, 0.05) is 18.2 Å². The van der Waals surface area contributed by atoms with Crippen LogP contribution in [0.25, 0.3) is 11.0 Å². The van der Waals surface area contributed by atoms with Crippen LogP contribution in [0.1, 0.15) is 17.3 Å². The van der Waals surface area contributed by atoms with Crippen molar-refractivity contribution in [1.29, 1.82) is 0 Å². The number of amides is 2. The fraction of sp³-hybridized carbons (Fsp3) is 0.167. The SMILES string of the molecule is CC(=O)N1CCOc2ccc(NC(=O)c3ccc4nc[nH]c4c3)cc21. The maximum Gasteiger partial charge on any atom is 0.255 e. The minimum Gasteiger partial charge on any atom is -0.490 e. The lowest BCUT2D eigenvalue weighted by atomic mass is 10.1. The third kappa shape index (κ3) is 2.80. The molecule has 0 unspecified atom stereocenters. The van der Waals surface area contributed by atoms with Crippen molar-refractivity contribution in [3.63, 3.8) is 0 Å². The Kier molecular flexibility index (Phi) is 3.61. The van der Waals surface area contributed by atoms with Crippen molar-refractivity contribution in [2.24, 2.45) is 0 Å². The smallest absolute Gasteiger partial charge is 0.255 e. The second kappa shape index (κ2) is 5.94. The number of anilines is 2. The molecule has 4 rings (SSSR count). The van der Waals surface area contributed by atoms with Gasteiger partial charge in [-0.1, -0.05) is 0 Å². The second-order valence-electron chi connectivity index (χ2n) is 5.79. The summed E-state index contributed by atoms with van der Waals surface area (Å²) in [5.74, 6) is 0.346. The zero-order valence-electron chi connectivity index (χ0n) is 13.6. The number of fused-ring (bicyclic) bond motifs is 2. The molecule has 1 aliphatic heterocycles. The third-order valence-electron chi connectivity index (χ3n) is 4.14. The Hall–Kier alpha value is -3.35. The number of benzene rings is 2. The predicted octanol–water partition coefficient (Wildman–Crippen LogP) is 2.56. The van der Waals surface area contributed by atoms with E-state index in [2.05, 4.69) is 15.3 Å². The molecule has 3 aromatic rings. The van der Waals surface area contributed by atoms with Gasteiger partial charge in [-0.05, 0) is 36.4 Å². The van der Waals surface area contributed by atoms with Crippen LogP contribution in [0.5, 0.6) is 5.75 Å². The van der Waals surface area contributed by atoms with E-state index in [1.54, 1.807) is 47.6 Å². The molecular formula is C18H16N4O3. The average Bonchev–Trinajstić information content (AvgIpc) is 3.08. The van der Waals surface area contributed by atoms with Crippen molar-refractivity contribution in [2.75, 3.05) is 23.4 Å². The highest BCUT2D eigenvalue weighted by Crippen LogP contribution is 2.34. The van der Waals surface area contributed by atoms with Gasteiger partial charge < -0.3 is 19.9 Å². The van der Waals surface area contributed by atoms with Crippen molar-refractivity contribution in [3.8, 4) is 5.75 Å². The van der Waals surface area contributed by atoms with Crippen molar-refractivity contribution in [2.45, 2.75) is 6.92 Å². The maximum absolute atomic E-state index is 12.5. The van der Waals surface area contributed by atoms with Crippen molar-refractivity contribution in [3.05, 3.63) is 48.3 Å². The van der Waals surface area contributed by atoms with E-state index in [-0.39, 0.29) is 11.8 Å². The van der Waals surface area contributed by atoms with Crippen LogP contribution in [-0.4, -0.2) is 34.9 Å². The molecule has 0 atom stereocenters. The van der Waals surface area contributed by atoms with E-state index in [1.807, 2.05) is 0 Å². The lowest BCUT2D eigenvalue weighted by Gasteiger charge is -2.29. The topological polar surface area (TPSA) is 87.3 Å². The van der Waals surface area contributed by atoms with Gasteiger partial charge in [0.1, 0.15) is 12.4 Å². The maximum atomic E-state index is 12.5. The molecule has 2 N–H and O–H groups in total. The minimum atomic E-state index is -0.234. The fourth-order valence-electron chi connectivity index (χ4n) is 2.90. The standard InChI is InChI=1S/C18H16N4O3/c1-11(23)22-6-7-25-17-5-3-13(9-16(17)22)21-18(24)12-2-4-14-15(8-12)20-10-19-14/h2-5,8-10H,6-7H2,1H3,(H,19,20)(H,21,24). The van der Waals surface area contributed by atoms with E-state index in [1.165, 1.54) is 6.92 Å². The van der Waals surface area contributed by atoms with Crippen molar-refractivity contribution in [1.82, 2.24) is 9.97 Å². The average molecular weight is 336 g/mol. The number of imidazole rings is 1. The lowest BCUT2D eigenvalue weighted by Crippen LogP contribution is -2.36. The van der Waals surface area contributed by atoms with Crippen LogP contribution >= 0.6 is 0 Å². The van der Waals surface area contributed by atoms with Crippen LogP contribution in [-0.2, 0) is 4.79 Å². The molecule has 25 heavy (non-hydrogen) atoms. The first-order chi connectivity index (χ1) is 12.1. The van der Waals surface area contributed by atoms with Gasteiger partial charge in [0.2, 0.25) is 5.91 Å². The molecule has 0 radical (unpaired) electrons. The van der Waals surface area contributed by atoms with E-state index < -0.39 is 0 Å². The molecule has 7 heteroatoms. The molecule has 2 aromatic carbocycles. The number of carbonyl (C=O) groups is 2. The molecule has 1 aliphatic rings.